The number of hydrogen-bond acceptors (Lipinski definition) is 4. The van der Waals surface area contributed by atoms with Crippen LogP contribution in [0.15, 0.2) is 23.3 Å². The number of carbonyl (C=O) groups is 3. The molecule has 4 aliphatic rings. The average Bonchev–Trinajstić information content (AvgIpc) is 2.90. The molecule has 0 saturated heterocycles. The van der Waals surface area contributed by atoms with E-state index in [0.717, 1.165) is 25.7 Å². The number of esters is 1. The minimum atomic E-state index is -1.00. The Morgan fingerprint density at radius 1 is 1.07 bits per heavy atom. The lowest BCUT2D eigenvalue weighted by Crippen LogP contribution is -2.56. The Hall–Kier alpha value is -1.71. The van der Waals surface area contributed by atoms with Gasteiger partial charge in [-0.3, -0.25) is 14.4 Å². The third-order valence-corrected chi connectivity index (χ3v) is 8.69. The molecule has 28 heavy (non-hydrogen) atoms. The van der Waals surface area contributed by atoms with Gasteiger partial charge in [0.05, 0.1) is 0 Å². The van der Waals surface area contributed by atoms with Crippen molar-refractivity contribution >= 4 is 17.5 Å². The Labute approximate surface area is 167 Å². The Morgan fingerprint density at radius 2 is 1.75 bits per heavy atom. The van der Waals surface area contributed by atoms with Gasteiger partial charge in [0.1, 0.15) is 0 Å². The molecule has 0 aromatic rings. The number of allylic oxidation sites excluding steroid dienone is 4. The van der Waals surface area contributed by atoms with Crippen molar-refractivity contribution in [1.29, 1.82) is 0 Å². The maximum atomic E-state index is 12.8. The van der Waals surface area contributed by atoms with Crippen molar-refractivity contribution in [3.63, 3.8) is 0 Å². The summed E-state index contributed by atoms with van der Waals surface area (Å²) in [6.45, 7) is 9.68. The monoisotopic (exact) mass is 384 g/mol. The quantitative estimate of drug-likeness (QED) is 0.517. The Balaban J connectivity index is 1.80. The van der Waals surface area contributed by atoms with Gasteiger partial charge in [0, 0.05) is 18.8 Å². The van der Waals surface area contributed by atoms with Gasteiger partial charge in [-0.1, -0.05) is 38.0 Å². The van der Waals surface area contributed by atoms with Gasteiger partial charge in [-0.15, -0.1) is 0 Å². The lowest BCUT2D eigenvalue weighted by atomic mass is 9.48. The molecule has 152 valence electrons. The molecule has 0 amide bonds. The van der Waals surface area contributed by atoms with E-state index >= 15 is 0 Å². The van der Waals surface area contributed by atoms with Gasteiger partial charge >= 0.3 is 5.97 Å². The van der Waals surface area contributed by atoms with Gasteiger partial charge in [0.2, 0.25) is 0 Å². The van der Waals surface area contributed by atoms with E-state index in [1.54, 1.807) is 6.92 Å². The summed E-state index contributed by atoms with van der Waals surface area (Å²) in [6, 6.07) is 0. The first-order valence-electron chi connectivity index (χ1n) is 10.7. The number of rotatable bonds is 2. The van der Waals surface area contributed by atoms with Crippen molar-refractivity contribution in [2.75, 3.05) is 0 Å². The molecule has 6 atom stereocenters. The summed E-state index contributed by atoms with van der Waals surface area (Å²) in [5, 5.41) is 0. The molecule has 2 saturated carbocycles. The van der Waals surface area contributed by atoms with Crippen LogP contribution in [0.2, 0.25) is 0 Å². The normalized spacial score (nSPS) is 44.6. The van der Waals surface area contributed by atoms with Crippen LogP contribution < -0.4 is 0 Å². The smallest absolute Gasteiger partial charge is 0.303 e. The Bertz CT molecular complexity index is 820. The first kappa shape index (κ1) is 19.6. The fourth-order valence-electron chi connectivity index (χ4n) is 7.32. The highest BCUT2D eigenvalue weighted by Crippen LogP contribution is 2.67. The van der Waals surface area contributed by atoms with Gasteiger partial charge in [0.25, 0.3) is 0 Å². The molecule has 4 aliphatic carbocycles. The highest BCUT2D eigenvalue weighted by molar-refractivity contribution is 5.92. The molecule has 0 unspecified atom stereocenters. The molecule has 4 rings (SSSR count). The van der Waals surface area contributed by atoms with Gasteiger partial charge in [-0.05, 0) is 68.3 Å². The van der Waals surface area contributed by atoms with E-state index in [2.05, 4.69) is 26.8 Å². The minimum Gasteiger partial charge on any atom is -0.451 e. The van der Waals surface area contributed by atoms with E-state index in [-0.39, 0.29) is 40.2 Å². The van der Waals surface area contributed by atoms with Crippen LogP contribution in [-0.4, -0.2) is 23.1 Å². The predicted molar refractivity (Wildman–Crippen MR) is 106 cm³/mol. The van der Waals surface area contributed by atoms with Crippen LogP contribution >= 0.6 is 0 Å². The number of hydrogen-bond donors (Lipinski definition) is 0. The summed E-state index contributed by atoms with van der Waals surface area (Å²) in [7, 11) is 0. The van der Waals surface area contributed by atoms with Crippen LogP contribution in [0.5, 0.6) is 0 Å². The van der Waals surface area contributed by atoms with Crippen LogP contribution in [0.25, 0.3) is 0 Å². The molecule has 0 aromatic heterocycles. The van der Waals surface area contributed by atoms with Crippen LogP contribution in [-0.2, 0) is 19.1 Å². The van der Waals surface area contributed by atoms with E-state index < -0.39 is 5.60 Å². The molecule has 2 fully saturated rings. The molecular formula is C24H32O4. The van der Waals surface area contributed by atoms with Gasteiger partial charge < -0.3 is 4.74 Å². The maximum absolute atomic E-state index is 12.8. The van der Waals surface area contributed by atoms with Crippen molar-refractivity contribution in [2.24, 2.45) is 28.6 Å². The lowest BCUT2D eigenvalue weighted by Gasteiger charge is -2.56. The third kappa shape index (κ3) is 2.39. The van der Waals surface area contributed by atoms with Crippen LogP contribution in [0.3, 0.4) is 0 Å². The average molecular weight is 385 g/mol. The maximum Gasteiger partial charge on any atom is 0.303 e. The summed E-state index contributed by atoms with van der Waals surface area (Å²) >= 11 is 0. The second-order valence-electron chi connectivity index (χ2n) is 10.0. The zero-order chi connectivity index (χ0) is 20.5. The molecule has 0 aromatic carbocycles. The summed E-state index contributed by atoms with van der Waals surface area (Å²) in [5.41, 5.74) is 1.41. The fraction of sp³-hybridized carbons (Fsp3) is 0.708. The zero-order valence-electron chi connectivity index (χ0n) is 17.8. The van der Waals surface area contributed by atoms with Crippen LogP contribution in [0, 0.1) is 28.6 Å². The first-order valence-corrected chi connectivity index (χ1v) is 10.7. The van der Waals surface area contributed by atoms with Crippen LogP contribution in [0.4, 0.5) is 0 Å². The summed E-state index contributed by atoms with van der Waals surface area (Å²) < 4.78 is 5.81. The first-order chi connectivity index (χ1) is 13.0. The molecule has 0 radical (unpaired) electrons. The number of fused-ring (bicyclic) bond motifs is 5. The van der Waals surface area contributed by atoms with Gasteiger partial charge in [-0.25, -0.2) is 0 Å². The van der Waals surface area contributed by atoms with Crippen molar-refractivity contribution in [3.05, 3.63) is 23.3 Å². The van der Waals surface area contributed by atoms with Gasteiger partial charge in [-0.2, -0.15) is 0 Å². The van der Waals surface area contributed by atoms with E-state index in [1.807, 2.05) is 6.08 Å². The highest BCUT2D eigenvalue weighted by atomic mass is 16.6. The largest absolute Gasteiger partial charge is 0.451 e. The minimum absolute atomic E-state index is 0.0225. The zero-order valence-corrected chi connectivity index (χ0v) is 17.8. The molecule has 0 aliphatic heterocycles. The topological polar surface area (TPSA) is 60.4 Å². The van der Waals surface area contributed by atoms with E-state index in [1.165, 1.54) is 18.1 Å². The second-order valence-corrected chi connectivity index (χ2v) is 10.0. The van der Waals surface area contributed by atoms with Crippen LogP contribution in [0.1, 0.15) is 73.1 Å². The second kappa shape index (κ2) is 6.14. The van der Waals surface area contributed by atoms with Crippen molar-refractivity contribution < 1.29 is 19.1 Å². The molecule has 0 spiro atoms. The van der Waals surface area contributed by atoms with Crippen molar-refractivity contribution in [2.45, 2.75) is 78.7 Å². The highest BCUT2D eigenvalue weighted by Gasteiger charge is 2.66. The Kier molecular flexibility index (Phi) is 4.30. The van der Waals surface area contributed by atoms with E-state index in [4.69, 9.17) is 4.74 Å². The molecule has 4 heteroatoms. The molecule has 4 nitrogen and oxygen atoms in total. The van der Waals surface area contributed by atoms with E-state index in [9.17, 15) is 14.4 Å². The molecule has 0 heterocycles. The lowest BCUT2D eigenvalue weighted by molar-refractivity contribution is -0.181. The number of carbonyl (C=O) groups excluding carboxylic acids is 3. The fourth-order valence-corrected chi connectivity index (χ4v) is 7.32. The van der Waals surface area contributed by atoms with Crippen molar-refractivity contribution in [3.8, 4) is 0 Å². The molecule has 0 bridgehead atoms. The SMILES string of the molecule is CC(=O)O[C@]1(C(C)=O)CC[C@@H]2C3=C[C@H](C)C4=CC(=O)CC[C@]4(C)[C@@H]3CC[C@]21C. The molecule has 0 N–H and O–H groups in total. The van der Waals surface area contributed by atoms with Gasteiger partial charge in [0.15, 0.2) is 17.2 Å². The third-order valence-electron chi connectivity index (χ3n) is 8.69. The standard InChI is InChI=1S/C24H32O4/c1-14-12-18-19(22(4)9-6-17(27)13-21(14)22)7-10-23(5)20(18)8-11-24(23,15(2)25)28-16(3)26/h12-14,19-20H,6-11H2,1-5H3/t14-,19+,20+,22+,23+,24-/m0/s1. The molecular weight excluding hydrogens is 352 g/mol. The number of ketones is 2. The number of ether oxygens (including phenoxy) is 1. The predicted octanol–water partition coefficient (Wildman–Crippen LogP) is 4.58. The van der Waals surface area contributed by atoms with E-state index in [0.29, 0.717) is 18.8 Å². The number of Topliss-reactive ketones (excluding diaryl/α,β-unsaturated/α-hetero) is 1. The summed E-state index contributed by atoms with van der Waals surface area (Å²) in [5.74, 6) is 0.778. The summed E-state index contributed by atoms with van der Waals surface area (Å²) in [6.07, 6.45) is 9.15. The summed E-state index contributed by atoms with van der Waals surface area (Å²) in [4.78, 5) is 36.8. The Morgan fingerprint density at radius 3 is 2.39 bits per heavy atom. The van der Waals surface area contributed by atoms with Crippen molar-refractivity contribution in [1.82, 2.24) is 0 Å².